The molecule has 106 valence electrons. The Morgan fingerprint density at radius 3 is 2.63 bits per heavy atom. The second-order valence-corrected chi connectivity index (χ2v) is 4.94. The third-order valence-electron chi connectivity index (χ3n) is 2.66. The van der Waals surface area contributed by atoms with Crippen molar-refractivity contribution in [3.05, 3.63) is 16.1 Å². The van der Waals surface area contributed by atoms with Gasteiger partial charge in [-0.3, -0.25) is 0 Å². The number of nitrogens with one attached hydrogen (secondary N) is 2. The van der Waals surface area contributed by atoms with E-state index in [1.807, 2.05) is 6.92 Å². The van der Waals surface area contributed by atoms with E-state index in [9.17, 15) is 0 Å². The van der Waals surface area contributed by atoms with Crippen LogP contribution in [0, 0.1) is 0 Å². The number of halogens is 2. The Labute approximate surface area is 122 Å². The van der Waals surface area contributed by atoms with Crippen LogP contribution in [0.15, 0.2) is 6.07 Å². The van der Waals surface area contributed by atoms with Crippen LogP contribution in [0.5, 0.6) is 0 Å². The molecule has 0 spiro atoms. The van der Waals surface area contributed by atoms with Gasteiger partial charge in [0.05, 0.1) is 36.0 Å². The van der Waals surface area contributed by atoms with Crippen LogP contribution in [0.4, 0.5) is 11.6 Å². The Morgan fingerprint density at radius 2 is 2.00 bits per heavy atom. The van der Waals surface area contributed by atoms with Gasteiger partial charge in [0.15, 0.2) is 0 Å². The van der Waals surface area contributed by atoms with Crippen molar-refractivity contribution in [1.29, 1.82) is 0 Å². The van der Waals surface area contributed by atoms with Gasteiger partial charge in [0, 0.05) is 13.1 Å². The van der Waals surface area contributed by atoms with Crippen molar-refractivity contribution in [2.45, 2.75) is 13.0 Å². The number of hydrogen-bond donors (Lipinski definition) is 2. The lowest BCUT2D eigenvalue weighted by Gasteiger charge is -2.23. The minimum atomic E-state index is 0.0184. The fourth-order valence-corrected chi connectivity index (χ4v) is 2.24. The first kappa shape index (κ1) is 14.7. The van der Waals surface area contributed by atoms with Gasteiger partial charge in [-0.15, -0.1) is 0 Å². The summed E-state index contributed by atoms with van der Waals surface area (Å²) in [5.74, 6) is 1.22. The fraction of sp³-hybridized carbons (Fsp3) is 0.583. The molecule has 0 bridgehead atoms. The number of ether oxygens (including phenoxy) is 2. The molecule has 7 heteroatoms. The van der Waals surface area contributed by atoms with E-state index in [0.717, 1.165) is 6.54 Å². The minimum absolute atomic E-state index is 0.0184. The van der Waals surface area contributed by atoms with Crippen LogP contribution in [0.25, 0.3) is 0 Å². The van der Waals surface area contributed by atoms with Gasteiger partial charge in [0.1, 0.15) is 11.6 Å². The molecule has 5 nitrogen and oxygen atoms in total. The SMILES string of the molecule is CCNc1nc(NCC2COCCO2)c(Cl)cc1Cl. The summed E-state index contributed by atoms with van der Waals surface area (Å²) >= 11 is 12.2. The van der Waals surface area contributed by atoms with Gasteiger partial charge >= 0.3 is 0 Å². The van der Waals surface area contributed by atoms with Crippen molar-refractivity contribution in [3.63, 3.8) is 0 Å². The molecule has 0 aliphatic carbocycles. The monoisotopic (exact) mass is 305 g/mol. The summed E-state index contributed by atoms with van der Waals surface area (Å²) in [7, 11) is 0. The molecule has 0 saturated carbocycles. The maximum atomic E-state index is 6.11. The van der Waals surface area contributed by atoms with E-state index in [1.54, 1.807) is 6.07 Å². The molecule has 1 aliphatic heterocycles. The van der Waals surface area contributed by atoms with Crippen molar-refractivity contribution < 1.29 is 9.47 Å². The van der Waals surface area contributed by atoms with Crippen LogP contribution in [0.1, 0.15) is 6.92 Å². The third-order valence-corrected chi connectivity index (χ3v) is 3.23. The first-order chi connectivity index (χ1) is 9.20. The molecule has 2 rings (SSSR count). The highest BCUT2D eigenvalue weighted by molar-refractivity contribution is 6.37. The van der Waals surface area contributed by atoms with E-state index >= 15 is 0 Å². The van der Waals surface area contributed by atoms with Gasteiger partial charge < -0.3 is 20.1 Å². The van der Waals surface area contributed by atoms with Gasteiger partial charge in [-0.05, 0) is 13.0 Å². The molecule has 0 radical (unpaired) electrons. The molecule has 1 atom stereocenters. The van der Waals surface area contributed by atoms with Crippen molar-refractivity contribution in [2.24, 2.45) is 0 Å². The third kappa shape index (κ3) is 4.11. The van der Waals surface area contributed by atoms with Crippen molar-refractivity contribution in [3.8, 4) is 0 Å². The van der Waals surface area contributed by atoms with Crippen molar-refractivity contribution in [2.75, 3.05) is 43.5 Å². The highest BCUT2D eigenvalue weighted by atomic mass is 35.5. The zero-order valence-corrected chi connectivity index (χ0v) is 12.2. The molecule has 1 unspecified atom stereocenters. The molecule has 0 amide bonds. The second-order valence-electron chi connectivity index (χ2n) is 4.13. The summed E-state index contributed by atoms with van der Waals surface area (Å²) in [4.78, 5) is 4.36. The number of nitrogens with zero attached hydrogens (tertiary/aromatic N) is 1. The average Bonchev–Trinajstić information content (AvgIpc) is 2.42. The summed E-state index contributed by atoms with van der Waals surface area (Å²) in [6, 6.07) is 1.68. The molecule has 1 saturated heterocycles. The average molecular weight is 306 g/mol. The van der Waals surface area contributed by atoms with Crippen LogP contribution in [0.2, 0.25) is 10.0 Å². The Kier molecular flexibility index (Phi) is 5.51. The number of anilines is 2. The highest BCUT2D eigenvalue weighted by Crippen LogP contribution is 2.29. The number of rotatable bonds is 5. The predicted octanol–water partition coefficient (Wildman–Crippen LogP) is 2.65. The Hall–Kier alpha value is -0.750. The standard InChI is InChI=1S/C12H17Cl2N3O2/c1-2-15-11-9(13)5-10(14)12(17-11)16-6-8-7-18-3-4-19-8/h5,8H,2-4,6-7H2,1H3,(H2,15,16,17). The second kappa shape index (κ2) is 7.14. The lowest BCUT2D eigenvalue weighted by atomic mass is 10.3. The Balaban J connectivity index is 2.00. The molecule has 19 heavy (non-hydrogen) atoms. The quantitative estimate of drug-likeness (QED) is 0.876. The summed E-state index contributed by atoms with van der Waals surface area (Å²) in [5, 5.41) is 7.24. The first-order valence-corrected chi connectivity index (χ1v) is 6.99. The van der Waals surface area contributed by atoms with E-state index in [4.69, 9.17) is 32.7 Å². The van der Waals surface area contributed by atoms with E-state index in [0.29, 0.717) is 48.0 Å². The summed E-state index contributed by atoms with van der Waals surface area (Å²) in [6.45, 7) is 5.18. The van der Waals surface area contributed by atoms with Gasteiger partial charge in [-0.1, -0.05) is 23.2 Å². The van der Waals surface area contributed by atoms with Gasteiger partial charge in [-0.2, -0.15) is 0 Å². The van der Waals surface area contributed by atoms with Crippen LogP contribution in [-0.2, 0) is 9.47 Å². The first-order valence-electron chi connectivity index (χ1n) is 6.23. The molecule has 1 aromatic rings. The van der Waals surface area contributed by atoms with Gasteiger partial charge in [0.25, 0.3) is 0 Å². The smallest absolute Gasteiger partial charge is 0.147 e. The zero-order valence-electron chi connectivity index (χ0n) is 10.7. The fourth-order valence-electron chi connectivity index (χ4n) is 1.75. The highest BCUT2D eigenvalue weighted by Gasteiger charge is 2.15. The molecule has 1 fully saturated rings. The molecular formula is C12H17Cl2N3O2. The zero-order chi connectivity index (χ0) is 13.7. The van der Waals surface area contributed by atoms with E-state index in [1.165, 1.54) is 0 Å². The molecular weight excluding hydrogens is 289 g/mol. The summed E-state index contributed by atoms with van der Waals surface area (Å²) in [6.07, 6.45) is 0.0184. The van der Waals surface area contributed by atoms with Crippen molar-refractivity contribution >= 4 is 34.8 Å². The molecule has 2 heterocycles. The predicted molar refractivity (Wildman–Crippen MR) is 77.5 cm³/mol. The van der Waals surface area contributed by atoms with Crippen LogP contribution >= 0.6 is 23.2 Å². The maximum absolute atomic E-state index is 6.11. The lowest BCUT2D eigenvalue weighted by molar-refractivity contribution is -0.0819. The largest absolute Gasteiger partial charge is 0.376 e. The normalized spacial score (nSPS) is 19.2. The van der Waals surface area contributed by atoms with Gasteiger partial charge in [-0.25, -0.2) is 4.98 Å². The molecule has 1 aromatic heterocycles. The number of aromatic nitrogens is 1. The van der Waals surface area contributed by atoms with Crippen LogP contribution in [0.3, 0.4) is 0 Å². The molecule has 1 aliphatic rings. The molecule has 0 aromatic carbocycles. The molecule has 2 N–H and O–H groups in total. The van der Waals surface area contributed by atoms with Gasteiger partial charge in [0.2, 0.25) is 0 Å². The van der Waals surface area contributed by atoms with E-state index < -0.39 is 0 Å². The van der Waals surface area contributed by atoms with Crippen LogP contribution in [-0.4, -0.2) is 44.0 Å². The minimum Gasteiger partial charge on any atom is -0.376 e. The number of hydrogen-bond acceptors (Lipinski definition) is 5. The van der Waals surface area contributed by atoms with E-state index in [2.05, 4.69) is 15.6 Å². The van der Waals surface area contributed by atoms with E-state index in [-0.39, 0.29) is 6.10 Å². The summed E-state index contributed by atoms with van der Waals surface area (Å²) < 4.78 is 10.9. The maximum Gasteiger partial charge on any atom is 0.147 e. The Bertz CT molecular complexity index is 426. The Morgan fingerprint density at radius 1 is 1.26 bits per heavy atom. The summed E-state index contributed by atoms with van der Waals surface area (Å²) in [5.41, 5.74) is 0. The van der Waals surface area contributed by atoms with Crippen molar-refractivity contribution in [1.82, 2.24) is 4.98 Å². The lowest BCUT2D eigenvalue weighted by Crippen LogP contribution is -2.34. The van der Waals surface area contributed by atoms with Crippen LogP contribution < -0.4 is 10.6 Å². The number of pyridine rings is 1. The topological polar surface area (TPSA) is 55.4 Å².